The Morgan fingerprint density at radius 3 is 2.44 bits per heavy atom. The van der Waals surface area contributed by atoms with Crippen molar-refractivity contribution in [2.45, 2.75) is 33.1 Å². The zero-order chi connectivity index (χ0) is 19.6. The number of hydrogen-bond donors (Lipinski definition) is 0. The van der Waals surface area contributed by atoms with E-state index in [-0.39, 0.29) is 12.0 Å². The van der Waals surface area contributed by atoms with Gasteiger partial charge in [0.2, 0.25) is 5.91 Å². The van der Waals surface area contributed by atoms with E-state index in [0.717, 1.165) is 22.4 Å². The van der Waals surface area contributed by atoms with Crippen LogP contribution in [0.25, 0.3) is 11.0 Å². The van der Waals surface area contributed by atoms with Gasteiger partial charge in [-0.1, -0.05) is 19.9 Å². The summed E-state index contributed by atoms with van der Waals surface area (Å²) in [6.45, 7) is 8.53. The van der Waals surface area contributed by atoms with Crippen molar-refractivity contribution in [3.8, 4) is 0 Å². The number of hydrogen-bond acceptors (Lipinski definition) is 4. The molecule has 0 bridgehead atoms. The number of carbonyl (C=O) groups excluding carboxylic acids is 2. The molecule has 1 aromatic carbocycles. The van der Waals surface area contributed by atoms with Crippen LogP contribution >= 0.6 is 0 Å². The molecular weight excluding hydrogens is 344 g/mol. The van der Waals surface area contributed by atoms with Crippen molar-refractivity contribution in [2.75, 3.05) is 32.8 Å². The number of piperazine rings is 1. The molecule has 0 spiro atoms. The van der Waals surface area contributed by atoms with E-state index in [2.05, 4.69) is 18.4 Å². The molecule has 0 aliphatic carbocycles. The second-order valence-electron chi connectivity index (χ2n) is 7.25. The topological polar surface area (TPSA) is 67.7 Å². The Kier molecular flexibility index (Phi) is 5.68. The number of fused-ring (bicyclic) bond motifs is 1. The Morgan fingerprint density at radius 2 is 1.81 bits per heavy atom. The number of ether oxygens (including phenoxy) is 1. The van der Waals surface area contributed by atoms with E-state index in [1.807, 2.05) is 30.1 Å². The molecule has 7 nitrogen and oxygen atoms in total. The molecule has 0 radical (unpaired) electrons. The van der Waals surface area contributed by atoms with Crippen molar-refractivity contribution < 1.29 is 14.3 Å². The minimum Gasteiger partial charge on any atom is -0.450 e. The van der Waals surface area contributed by atoms with Gasteiger partial charge >= 0.3 is 6.09 Å². The summed E-state index contributed by atoms with van der Waals surface area (Å²) in [7, 11) is 2.03. The molecule has 0 atom stereocenters. The fourth-order valence-electron chi connectivity index (χ4n) is 3.53. The predicted octanol–water partition coefficient (Wildman–Crippen LogP) is 2.54. The number of rotatable bonds is 4. The molecule has 1 saturated heterocycles. The van der Waals surface area contributed by atoms with Crippen LogP contribution in [0.3, 0.4) is 0 Å². The number of benzene rings is 1. The number of imidazole rings is 1. The highest BCUT2D eigenvalue weighted by Crippen LogP contribution is 2.22. The summed E-state index contributed by atoms with van der Waals surface area (Å²) in [5.74, 6) is 1.48. The van der Waals surface area contributed by atoms with Gasteiger partial charge in [0.1, 0.15) is 5.82 Å². The van der Waals surface area contributed by atoms with Crippen molar-refractivity contribution in [1.82, 2.24) is 19.4 Å². The zero-order valence-corrected chi connectivity index (χ0v) is 16.6. The Labute approximate surface area is 159 Å². The number of amides is 2. The number of carbonyl (C=O) groups is 2. The summed E-state index contributed by atoms with van der Waals surface area (Å²) in [4.78, 5) is 32.6. The first kappa shape index (κ1) is 19.2. The van der Waals surface area contributed by atoms with Gasteiger partial charge in [0.05, 0.1) is 24.1 Å². The normalized spacial score (nSPS) is 14.9. The smallest absolute Gasteiger partial charge is 0.409 e. The van der Waals surface area contributed by atoms with E-state index >= 15 is 0 Å². The molecule has 1 fully saturated rings. The lowest BCUT2D eigenvalue weighted by molar-refractivity contribution is -0.132. The molecular formula is C20H28N4O3. The maximum Gasteiger partial charge on any atom is 0.409 e. The monoisotopic (exact) mass is 372 g/mol. The highest BCUT2D eigenvalue weighted by molar-refractivity contribution is 5.82. The molecule has 3 rings (SSSR count). The van der Waals surface area contributed by atoms with Gasteiger partial charge in [-0.3, -0.25) is 4.79 Å². The van der Waals surface area contributed by atoms with E-state index < -0.39 is 0 Å². The van der Waals surface area contributed by atoms with Crippen LogP contribution in [0, 0.1) is 0 Å². The minimum atomic E-state index is -0.300. The molecule has 1 aliphatic rings. The Hall–Kier alpha value is -2.57. The van der Waals surface area contributed by atoms with Gasteiger partial charge in [-0.2, -0.15) is 0 Å². The fraction of sp³-hybridized carbons (Fsp3) is 0.550. The van der Waals surface area contributed by atoms with Gasteiger partial charge < -0.3 is 19.1 Å². The Morgan fingerprint density at radius 1 is 1.15 bits per heavy atom. The summed E-state index contributed by atoms with van der Waals surface area (Å²) >= 11 is 0. The molecule has 1 aromatic heterocycles. The molecule has 2 amide bonds. The highest BCUT2D eigenvalue weighted by atomic mass is 16.6. The van der Waals surface area contributed by atoms with Crippen molar-refractivity contribution in [3.63, 3.8) is 0 Å². The highest BCUT2D eigenvalue weighted by Gasteiger charge is 2.25. The first-order valence-electron chi connectivity index (χ1n) is 9.55. The maximum atomic E-state index is 12.7. The summed E-state index contributed by atoms with van der Waals surface area (Å²) in [6.07, 6.45) is 0.0503. The third-order valence-corrected chi connectivity index (χ3v) is 5.01. The zero-order valence-electron chi connectivity index (χ0n) is 16.6. The molecule has 0 saturated carbocycles. The SMILES string of the molecule is CCOC(=O)N1CCN(C(=O)Cc2ccc3c(c2)nc(C(C)C)n3C)CC1. The van der Waals surface area contributed by atoms with Crippen molar-refractivity contribution in [1.29, 1.82) is 0 Å². The summed E-state index contributed by atoms with van der Waals surface area (Å²) in [5, 5.41) is 0. The summed E-state index contributed by atoms with van der Waals surface area (Å²) < 4.78 is 7.13. The van der Waals surface area contributed by atoms with Crippen LogP contribution in [-0.2, 0) is 23.0 Å². The quantitative estimate of drug-likeness (QED) is 0.827. The van der Waals surface area contributed by atoms with Crippen LogP contribution in [0.2, 0.25) is 0 Å². The van der Waals surface area contributed by atoms with Gasteiger partial charge in [-0.05, 0) is 24.6 Å². The van der Waals surface area contributed by atoms with Crippen molar-refractivity contribution in [3.05, 3.63) is 29.6 Å². The van der Waals surface area contributed by atoms with E-state index in [0.29, 0.717) is 45.1 Å². The van der Waals surface area contributed by atoms with E-state index in [1.165, 1.54) is 0 Å². The Bertz CT molecular complexity index is 835. The average molecular weight is 372 g/mol. The number of aryl methyl sites for hydroxylation is 1. The lowest BCUT2D eigenvalue weighted by Gasteiger charge is -2.34. The van der Waals surface area contributed by atoms with E-state index in [9.17, 15) is 9.59 Å². The summed E-state index contributed by atoms with van der Waals surface area (Å²) in [5.41, 5.74) is 2.98. The van der Waals surface area contributed by atoms with Gasteiger partial charge in [0.15, 0.2) is 0 Å². The largest absolute Gasteiger partial charge is 0.450 e. The second-order valence-corrected chi connectivity index (χ2v) is 7.25. The average Bonchev–Trinajstić information content (AvgIpc) is 2.98. The van der Waals surface area contributed by atoms with Crippen LogP contribution in [0.4, 0.5) is 4.79 Å². The summed E-state index contributed by atoms with van der Waals surface area (Å²) in [6, 6.07) is 6.05. The van der Waals surface area contributed by atoms with E-state index in [4.69, 9.17) is 9.72 Å². The molecule has 0 N–H and O–H groups in total. The lowest BCUT2D eigenvalue weighted by Crippen LogP contribution is -2.51. The first-order chi connectivity index (χ1) is 12.9. The van der Waals surface area contributed by atoms with Crippen LogP contribution < -0.4 is 0 Å². The molecule has 0 unspecified atom stereocenters. The number of nitrogens with zero attached hydrogens (tertiary/aromatic N) is 4. The minimum absolute atomic E-state index is 0.0814. The lowest BCUT2D eigenvalue weighted by atomic mass is 10.1. The standard InChI is InChI=1S/C20H28N4O3/c1-5-27-20(26)24-10-8-23(9-11-24)18(25)13-15-6-7-17-16(12-15)21-19(14(2)3)22(17)4/h6-7,12,14H,5,8-11,13H2,1-4H3. The molecule has 146 valence electrons. The third-order valence-electron chi connectivity index (χ3n) is 5.01. The third kappa shape index (κ3) is 4.07. The van der Waals surface area contributed by atoms with Gasteiger partial charge in [0.25, 0.3) is 0 Å². The molecule has 2 aromatic rings. The molecule has 7 heteroatoms. The maximum absolute atomic E-state index is 12.7. The van der Waals surface area contributed by atoms with Gasteiger partial charge in [0, 0.05) is 39.1 Å². The van der Waals surface area contributed by atoms with Crippen molar-refractivity contribution >= 4 is 23.0 Å². The first-order valence-corrected chi connectivity index (χ1v) is 9.55. The fourth-order valence-corrected chi connectivity index (χ4v) is 3.53. The predicted molar refractivity (Wildman–Crippen MR) is 104 cm³/mol. The van der Waals surface area contributed by atoms with Crippen LogP contribution in [0.15, 0.2) is 18.2 Å². The van der Waals surface area contributed by atoms with Gasteiger partial charge in [-0.15, -0.1) is 0 Å². The molecule has 1 aliphatic heterocycles. The number of aromatic nitrogens is 2. The van der Waals surface area contributed by atoms with Crippen LogP contribution in [0.1, 0.15) is 38.1 Å². The molecule has 27 heavy (non-hydrogen) atoms. The van der Waals surface area contributed by atoms with Gasteiger partial charge in [-0.25, -0.2) is 9.78 Å². The van der Waals surface area contributed by atoms with Crippen molar-refractivity contribution in [2.24, 2.45) is 7.05 Å². The Balaban J connectivity index is 1.64. The second kappa shape index (κ2) is 7.98. The van der Waals surface area contributed by atoms with E-state index in [1.54, 1.807) is 11.8 Å². The molecule has 2 heterocycles. The van der Waals surface area contributed by atoms with Crippen LogP contribution in [-0.4, -0.2) is 64.1 Å². The van der Waals surface area contributed by atoms with Crippen LogP contribution in [0.5, 0.6) is 0 Å².